The monoisotopic (exact) mass is 331 g/mol. The van der Waals surface area contributed by atoms with Crippen molar-refractivity contribution in [2.45, 2.75) is 6.92 Å². The maximum absolute atomic E-state index is 12.4. The van der Waals surface area contributed by atoms with Crippen molar-refractivity contribution in [1.29, 1.82) is 0 Å². The number of rotatable bonds is 4. The van der Waals surface area contributed by atoms with Crippen LogP contribution in [0.5, 0.6) is 0 Å². The van der Waals surface area contributed by atoms with Crippen molar-refractivity contribution in [2.75, 3.05) is 25.4 Å². The van der Waals surface area contributed by atoms with Crippen molar-refractivity contribution in [3.63, 3.8) is 0 Å². The zero-order valence-electron chi connectivity index (χ0n) is 13.5. The molecule has 0 aliphatic carbocycles. The van der Waals surface area contributed by atoms with Gasteiger partial charge in [0.2, 0.25) is 0 Å². The number of amides is 1. The number of methoxy groups -OCH3 is 2. The Hall–Kier alpha value is -3.29. The highest BCUT2D eigenvalue weighted by Crippen LogP contribution is 2.28. The van der Waals surface area contributed by atoms with E-state index in [0.717, 1.165) is 4.68 Å². The fourth-order valence-electron chi connectivity index (χ4n) is 2.25. The number of hydrogen-bond donors (Lipinski definition) is 2. The molecular weight excluding hydrogens is 314 g/mol. The maximum atomic E-state index is 12.4. The number of nitrogens with two attached hydrogens (primary N) is 1. The van der Waals surface area contributed by atoms with Gasteiger partial charge in [0.25, 0.3) is 5.91 Å². The highest BCUT2D eigenvalue weighted by molar-refractivity contribution is 6.13. The van der Waals surface area contributed by atoms with E-state index in [1.54, 1.807) is 30.3 Å². The number of carbonyl (C=O) groups excluding carboxylic acids is 3. The van der Waals surface area contributed by atoms with Crippen LogP contribution in [0, 0.1) is 6.92 Å². The Bertz CT molecular complexity index is 756. The quantitative estimate of drug-likeness (QED) is 0.646. The van der Waals surface area contributed by atoms with Crippen molar-refractivity contribution >= 4 is 23.5 Å². The van der Waals surface area contributed by atoms with Crippen LogP contribution in [0.3, 0.4) is 0 Å². The van der Waals surface area contributed by atoms with Crippen LogP contribution < -0.4 is 11.2 Å². The lowest BCUT2D eigenvalue weighted by Gasteiger charge is -2.09. The van der Waals surface area contributed by atoms with Crippen LogP contribution in [0.4, 0.5) is 5.69 Å². The molecule has 0 fully saturated rings. The Balaban J connectivity index is 2.57. The van der Waals surface area contributed by atoms with Crippen LogP contribution in [-0.4, -0.2) is 36.7 Å². The smallest absolute Gasteiger partial charge is 0.358 e. The summed E-state index contributed by atoms with van der Waals surface area (Å²) in [7, 11) is 2.36. The van der Waals surface area contributed by atoms with Crippen LogP contribution in [0.15, 0.2) is 30.3 Å². The molecule has 0 aliphatic rings. The van der Waals surface area contributed by atoms with Crippen molar-refractivity contribution < 1.29 is 23.9 Å². The van der Waals surface area contributed by atoms with Gasteiger partial charge >= 0.3 is 11.9 Å². The molecule has 0 aliphatic heterocycles. The van der Waals surface area contributed by atoms with Crippen LogP contribution in [0.2, 0.25) is 0 Å². The number of nitrogen functional groups attached to an aromatic ring is 1. The van der Waals surface area contributed by atoms with Gasteiger partial charge in [-0.1, -0.05) is 18.2 Å². The molecule has 0 saturated heterocycles. The number of hydrogen-bond acceptors (Lipinski definition) is 6. The first-order valence-corrected chi connectivity index (χ1v) is 6.95. The predicted octanol–water partition coefficient (Wildman–Crippen LogP) is 1.34. The molecule has 1 aromatic heterocycles. The van der Waals surface area contributed by atoms with Crippen molar-refractivity contribution in [3.05, 3.63) is 52.8 Å². The SMILES string of the molecule is COC(=O)c1c(NC(=O)c2ccccc2)c(C(=O)OC)n(N)c1C. The van der Waals surface area contributed by atoms with Gasteiger partial charge in [0.15, 0.2) is 5.69 Å². The van der Waals surface area contributed by atoms with Gasteiger partial charge in [-0.05, 0) is 19.1 Å². The summed E-state index contributed by atoms with van der Waals surface area (Å²) in [6.07, 6.45) is 0. The van der Waals surface area contributed by atoms with Crippen LogP contribution >= 0.6 is 0 Å². The van der Waals surface area contributed by atoms with E-state index in [9.17, 15) is 14.4 Å². The van der Waals surface area contributed by atoms with E-state index >= 15 is 0 Å². The first kappa shape index (κ1) is 17.1. The lowest BCUT2D eigenvalue weighted by atomic mass is 10.1. The number of aromatic nitrogens is 1. The Morgan fingerprint density at radius 1 is 1.04 bits per heavy atom. The van der Waals surface area contributed by atoms with E-state index in [1.165, 1.54) is 21.1 Å². The molecule has 0 spiro atoms. The molecule has 0 radical (unpaired) electrons. The molecule has 0 atom stereocenters. The molecule has 1 aromatic carbocycles. The molecule has 0 bridgehead atoms. The summed E-state index contributed by atoms with van der Waals surface area (Å²) in [5.41, 5.74) is 0.393. The number of carbonyl (C=O) groups is 3. The number of anilines is 1. The minimum atomic E-state index is -0.792. The molecule has 2 rings (SSSR count). The fourth-order valence-corrected chi connectivity index (χ4v) is 2.25. The van der Waals surface area contributed by atoms with Crippen molar-refractivity contribution in [1.82, 2.24) is 4.68 Å². The van der Waals surface area contributed by atoms with E-state index in [0.29, 0.717) is 5.56 Å². The van der Waals surface area contributed by atoms with Crippen LogP contribution in [-0.2, 0) is 9.47 Å². The summed E-state index contributed by atoms with van der Waals surface area (Å²) in [5.74, 6) is 3.82. The van der Waals surface area contributed by atoms with Crippen LogP contribution in [0.25, 0.3) is 0 Å². The second kappa shape index (κ2) is 6.86. The average molecular weight is 331 g/mol. The van der Waals surface area contributed by atoms with Gasteiger partial charge in [0.1, 0.15) is 5.56 Å². The predicted molar refractivity (Wildman–Crippen MR) is 86.4 cm³/mol. The zero-order chi connectivity index (χ0) is 17.9. The molecule has 8 nitrogen and oxygen atoms in total. The van der Waals surface area contributed by atoms with E-state index in [4.69, 9.17) is 10.6 Å². The lowest BCUT2D eigenvalue weighted by Crippen LogP contribution is -2.21. The second-order valence-electron chi connectivity index (χ2n) is 4.86. The third-order valence-electron chi connectivity index (χ3n) is 3.49. The van der Waals surface area contributed by atoms with Gasteiger partial charge in [-0.3, -0.25) is 9.47 Å². The first-order valence-electron chi connectivity index (χ1n) is 6.95. The highest BCUT2D eigenvalue weighted by Gasteiger charge is 2.30. The lowest BCUT2D eigenvalue weighted by molar-refractivity contribution is 0.0589. The second-order valence-corrected chi connectivity index (χ2v) is 4.86. The molecule has 3 N–H and O–H groups in total. The van der Waals surface area contributed by atoms with E-state index in [1.807, 2.05) is 0 Å². The van der Waals surface area contributed by atoms with Crippen molar-refractivity contribution in [2.24, 2.45) is 0 Å². The number of esters is 2. The van der Waals surface area contributed by atoms with E-state index < -0.39 is 17.8 Å². The summed E-state index contributed by atoms with van der Waals surface area (Å²) in [4.78, 5) is 36.5. The van der Waals surface area contributed by atoms with Crippen LogP contribution in [0.1, 0.15) is 36.9 Å². The Morgan fingerprint density at radius 2 is 1.62 bits per heavy atom. The summed E-state index contributed by atoms with van der Waals surface area (Å²) >= 11 is 0. The largest absolute Gasteiger partial charge is 0.465 e. The highest BCUT2D eigenvalue weighted by atomic mass is 16.5. The molecule has 126 valence electrons. The molecular formula is C16H17N3O5. The minimum Gasteiger partial charge on any atom is -0.465 e. The number of nitrogens with zero attached hydrogens (tertiary/aromatic N) is 1. The number of ether oxygens (including phenoxy) is 2. The normalized spacial score (nSPS) is 10.1. The van der Waals surface area contributed by atoms with Crippen molar-refractivity contribution in [3.8, 4) is 0 Å². The summed E-state index contributed by atoms with van der Waals surface area (Å²) in [6, 6.07) is 8.33. The molecule has 0 saturated carbocycles. The third kappa shape index (κ3) is 2.94. The Morgan fingerprint density at radius 3 is 2.17 bits per heavy atom. The standard InChI is InChI=1S/C16H17N3O5/c1-9-11(15(21)23-2)12(13(19(9)17)16(22)24-3)18-14(20)10-7-5-4-6-8-10/h4-8H,17H2,1-3H3,(H,18,20). The van der Waals surface area contributed by atoms with Gasteiger partial charge in [-0.15, -0.1) is 0 Å². The minimum absolute atomic E-state index is 0.00955. The number of nitrogens with one attached hydrogen (secondary N) is 1. The maximum Gasteiger partial charge on any atom is 0.358 e. The van der Waals surface area contributed by atoms with Gasteiger partial charge in [0.05, 0.1) is 25.6 Å². The molecule has 8 heteroatoms. The van der Waals surface area contributed by atoms with Gasteiger partial charge in [-0.2, -0.15) is 0 Å². The van der Waals surface area contributed by atoms with Gasteiger partial charge < -0.3 is 20.6 Å². The average Bonchev–Trinajstić information content (AvgIpc) is 2.85. The number of benzene rings is 1. The van der Waals surface area contributed by atoms with E-state index in [2.05, 4.69) is 10.1 Å². The molecule has 24 heavy (non-hydrogen) atoms. The summed E-state index contributed by atoms with van der Waals surface area (Å²) < 4.78 is 10.4. The molecule has 2 aromatic rings. The Labute approximate surface area is 138 Å². The van der Waals surface area contributed by atoms with E-state index in [-0.39, 0.29) is 22.6 Å². The summed E-state index contributed by atoms with van der Waals surface area (Å²) in [5, 5.41) is 2.55. The third-order valence-corrected chi connectivity index (χ3v) is 3.49. The molecule has 0 unspecified atom stereocenters. The summed E-state index contributed by atoms with van der Waals surface area (Å²) in [6.45, 7) is 1.52. The molecule has 1 heterocycles. The fraction of sp³-hybridized carbons (Fsp3) is 0.188. The first-order chi connectivity index (χ1) is 11.4. The topological polar surface area (TPSA) is 113 Å². The molecule has 1 amide bonds. The van der Waals surface area contributed by atoms with Gasteiger partial charge in [-0.25, -0.2) is 9.59 Å². The van der Waals surface area contributed by atoms with Gasteiger partial charge in [0, 0.05) is 5.56 Å². The zero-order valence-corrected chi connectivity index (χ0v) is 13.5. The Kier molecular flexibility index (Phi) is 4.88.